The summed E-state index contributed by atoms with van der Waals surface area (Å²) in [5.41, 5.74) is 6.51. The van der Waals surface area contributed by atoms with Gasteiger partial charge in [-0.3, -0.25) is 0 Å². The minimum absolute atomic E-state index is 0.0469. The first-order valence-electron chi connectivity index (χ1n) is 6.04. The van der Waals surface area contributed by atoms with E-state index in [4.69, 9.17) is 17.3 Å². The molecule has 0 unspecified atom stereocenters. The van der Waals surface area contributed by atoms with Crippen molar-refractivity contribution >= 4 is 54.8 Å². The summed E-state index contributed by atoms with van der Waals surface area (Å²) in [5.74, 6) is 0.483. The lowest BCUT2D eigenvalue weighted by atomic mass is 10.3. The first-order chi connectivity index (χ1) is 9.88. The molecule has 0 saturated carbocycles. The third-order valence-corrected chi connectivity index (χ3v) is 6.57. The van der Waals surface area contributed by atoms with E-state index in [0.717, 1.165) is 9.37 Å². The van der Waals surface area contributed by atoms with Crippen LogP contribution < -0.4 is 5.73 Å². The second-order valence-electron chi connectivity index (χ2n) is 4.30. The Kier molecular flexibility index (Phi) is 5.60. The average molecular weight is 407 g/mol. The number of nitrogen functional groups attached to an aromatic ring is 1. The first-order valence-corrected chi connectivity index (χ1v) is 9.85. The topological polar surface area (TPSA) is 60.2 Å². The van der Waals surface area contributed by atoms with E-state index in [-0.39, 0.29) is 10.6 Å². The molecule has 0 aliphatic rings. The highest BCUT2D eigenvalue weighted by Crippen LogP contribution is 2.28. The molecule has 0 amide bonds. The van der Waals surface area contributed by atoms with Crippen LogP contribution in [-0.4, -0.2) is 19.9 Å². The summed E-state index contributed by atoms with van der Waals surface area (Å²) in [6, 6.07) is 11.7. The van der Waals surface area contributed by atoms with E-state index in [0.29, 0.717) is 16.5 Å². The fraction of sp³-hybridized carbons (Fsp3) is 0.143. The molecule has 0 aromatic heterocycles. The second-order valence-corrected chi connectivity index (χ2v) is 8.90. The number of hydrogen-bond acceptors (Lipinski definition) is 4. The van der Waals surface area contributed by atoms with Crippen LogP contribution in [0.5, 0.6) is 0 Å². The van der Waals surface area contributed by atoms with Crippen molar-refractivity contribution in [3.63, 3.8) is 0 Å². The lowest BCUT2D eigenvalue weighted by molar-refractivity contribution is 0.597. The summed E-state index contributed by atoms with van der Waals surface area (Å²) in [6.45, 7) is 0. The summed E-state index contributed by atoms with van der Waals surface area (Å²) in [5, 5.41) is 0.519. The van der Waals surface area contributed by atoms with Gasteiger partial charge in [-0.1, -0.05) is 27.5 Å². The van der Waals surface area contributed by atoms with E-state index in [1.165, 1.54) is 23.9 Å². The summed E-state index contributed by atoms with van der Waals surface area (Å²) >= 11 is 10.6. The zero-order chi connectivity index (χ0) is 15.5. The van der Waals surface area contributed by atoms with Gasteiger partial charge in [-0.05, 0) is 42.5 Å². The monoisotopic (exact) mass is 405 g/mol. The molecule has 0 heterocycles. The van der Waals surface area contributed by atoms with Gasteiger partial charge in [0, 0.05) is 25.8 Å². The van der Waals surface area contributed by atoms with E-state index in [1.54, 1.807) is 18.2 Å². The number of thioether (sulfide) groups is 1. The lowest BCUT2D eigenvalue weighted by Crippen LogP contribution is -2.08. The molecule has 0 fully saturated rings. The Hall–Kier alpha value is -0.690. The molecule has 2 N–H and O–H groups in total. The van der Waals surface area contributed by atoms with E-state index in [2.05, 4.69) is 15.9 Å². The van der Waals surface area contributed by atoms with E-state index >= 15 is 0 Å². The maximum Gasteiger partial charge on any atom is 0.179 e. The van der Waals surface area contributed by atoms with Crippen LogP contribution in [0.25, 0.3) is 0 Å². The van der Waals surface area contributed by atoms with Gasteiger partial charge in [-0.15, -0.1) is 11.8 Å². The molecule has 7 heteroatoms. The normalized spacial score (nSPS) is 11.5. The van der Waals surface area contributed by atoms with Gasteiger partial charge in [0.15, 0.2) is 9.84 Å². The van der Waals surface area contributed by atoms with Crippen LogP contribution >= 0.6 is 39.3 Å². The zero-order valence-electron chi connectivity index (χ0n) is 10.9. The van der Waals surface area contributed by atoms with Gasteiger partial charge < -0.3 is 5.73 Å². The molecule has 0 atom stereocenters. The largest absolute Gasteiger partial charge is 0.398 e. The molecule has 0 aliphatic carbocycles. The number of benzene rings is 2. The molecule has 0 spiro atoms. The van der Waals surface area contributed by atoms with Gasteiger partial charge in [0.1, 0.15) is 0 Å². The Bertz CT molecular complexity index is 733. The number of rotatable bonds is 5. The average Bonchev–Trinajstić information content (AvgIpc) is 2.43. The fourth-order valence-corrected chi connectivity index (χ4v) is 4.96. The molecule has 0 aliphatic heterocycles. The Balaban J connectivity index is 2.02. The molecule has 2 aromatic carbocycles. The second kappa shape index (κ2) is 7.05. The van der Waals surface area contributed by atoms with Crippen LogP contribution in [0.4, 0.5) is 5.69 Å². The molecule has 2 rings (SSSR count). The van der Waals surface area contributed by atoms with Crippen LogP contribution in [-0.2, 0) is 9.84 Å². The maximum atomic E-state index is 12.2. The van der Waals surface area contributed by atoms with Crippen molar-refractivity contribution in [2.75, 3.05) is 17.2 Å². The molecule has 0 bridgehead atoms. The summed E-state index contributed by atoms with van der Waals surface area (Å²) in [7, 11) is -3.30. The van der Waals surface area contributed by atoms with E-state index in [9.17, 15) is 8.42 Å². The van der Waals surface area contributed by atoms with Crippen LogP contribution in [0.1, 0.15) is 0 Å². The minimum Gasteiger partial charge on any atom is -0.398 e. The van der Waals surface area contributed by atoms with Gasteiger partial charge >= 0.3 is 0 Å². The summed E-state index contributed by atoms with van der Waals surface area (Å²) in [6.07, 6.45) is 0. The van der Waals surface area contributed by atoms with Crippen molar-refractivity contribution in [1.82, 2.24) is 0 Å². The number of halogens is 2. The van der Waals surface area contributed by atoms with Gasteiger partial charge in [0.05, 0.1) is 10.6 Å². The lowest BCUT2D eigenvalue weighted by Gasteiger charge is -2.07. The van der Waals surface area contributed by atoms with Gasteiger partial charge in [-0.2, -0.15) is 0 Å². The van der Waals surface area contributed by atoms with Crippen LogP contribution in [0.2, 0.25) is 5.02 Å². The van der Waals surface area contributed by atoms with E-state index < -0.39 is 9.84 Å². The number of anilines is 1. The van der Waals surface area contributed by atoms with Crippen LogP contribution in [0, 0.1) is 0 Å². The SMILES string of the molecule is Nc1ccc(Br)cc1SCCS(=O)(=O)c1ccc(Cl)cc1. The van der Waals surface area contributed by atoms with E-state index in [1.807, 2.05) is 12.1 Å². The molecule has 21 heavy (non-hydrogen) atoms. The number of sulfone groups is 1. The molecular weight excluding hydrogens is 394 g/mol. The molecule has 112 valence electrons. The van der Waals surface area contributed by atoms with Crippen LogP contribution in [0.3, 0.4) is 0 Å². The minimum atomic E-state index is -3.30. The van der Waals surface area contributed by atoms with Gasteiger partial charge in [-0.25, -0.2) is 8.42 Å². The van der Waals surface area contributed by atoms with Crippen molar-refractivity contribution in [3.05, 3.63) is 52.0 Å². The molecule has 2 aromatic rings. The molecular formula is C14H13BrClNO2S2. The van der Waals surface area contributed by atoms with Gasteiger partial charge in [0.2, 0.25) is 0 Å². The predicted molar refractivity (Wildman–Crippen MR) is 92.8 cm³/mol. The summed E-state index contributed by atoms with van der Waals surface area (Å²) < 4.78 is 25.3. The van der Waals surface area contributed by atoms with Crippen molar-refractivity contribution in [2.24, 2.45) is 0 Å². The summed E-state index contributed by atoms with van der Waals surface area (Å²) in [4.78, 5) is 1.16. The highest BCUT2D eigenvalue weighted by Gasteiger charge is 2.14. The van der Waals surface area contributed by atoms with Gasteiger partial charge in [0.25, 0.3) is 0 Å². The van der Waals surface area contributed by atoms with Crippen molar-refractivity contribution in [1.29, 1.82) is 0 Å². The molecule has 0 saturated heterocycles. The van der Waals surface area contributed by atoms with Crippen molar-refractivity contribution in [2.45, 2.75) is 9.79 Å². The third kappa shape index (κ3) is 4.64. The number of hydrogen-bond donors (Lipinski definition) is 1. The van der Waals surface area contributed by atoms with Crippen LogP contribution in [0.15, 0.2) is 56.7 Å². The number of nitrogens with two attached hydrogens (primary N) is 1. The van der Waals surface area contributed by atoms with Crippen molar-refractivity contribution < 1.29 is 8.42 Å². The highest BCUT2D eigenvalue weighted by atomic mass is 79.9. The quantitative estimate of drug-likeness (QED) is 0.595. The fourth-order valence-electron chi connectivity index (χ4n) is 1.65. The molecule has 3 nitrogen and oxygen atoms in total. The first kappa shape index (κ1) is 16.7. The third-order valence-electron chi connectivity index (χ3n) is 2.76. The zero-order valence-corrected chi connectivity index (χ0v) is 14.9. The Morgan fingerprint density at radius 1 is 1.14 bits per heavy atom. The highest BCUT2D eigenvalue weighted by molar-refractivity contribution is 9.10. The van der Waals surface area contributed by atoms with Crippen molar-refractivity contribution in [3.8, 4) is 0 Å². The maximum absolute atomic E-state index is 12.2. The molecule has 0 radical (unpaired) electrons. The Morgan fingerprint density at radius 3 is 2.48 bits per heavy atom. The smallest absolute Gasteiger partial charge is 0.179 e. The standard InChI is InChI=1S/C14H13BrClNO2S2/c15-10-1-6-13(17)14(9-10)20-7-8-21(18,19)12-4-2-11(16)3-5-12/h1-6,9H,7-8,17H2. The Morgan fingerprint density at radius 2 is 1.81 bits per heavy atom. The predicted octanol–water partition coefficient (Wildman–Crippen LogP) is 4.25. The Labute approximate surface area is 141 Å².